The van der Waals surface area contributed by atoms with Crippen LogP contribution in [0, 0.1) is 0 Å². The summed E-state index contributed by atoms with van der Waals surface area (Å²) in [7, 11) is 0. The van der Waals surface area contributed by atoms with Crippen molar-refractivity contribution in [3.8, 4) is 0 Å². The first-order valence-electron chi connectivity index (χ1n) is 7.07. The molecule has 4 nitrogen and oxygen atoms in total. The number of aryl methyl sites for hydroxylation is 1. The Kier molecular flexibility index (Phi) is 3.74. The molecule has 0 spiro atoms. The van der Waals surface area contributed by atoms with Gasteiger partial charge in [0.15, 0.2) is 5.78 Å². The number of para-hydroxylation sites is 1. The normalized spacial score (nSPS) is 10.7. The maximum absolute atomic E-state index is 12.6. The van der Waals surface area contributed by atoms with Gasteiger partial charge < -0.3 is 10.1 Å². The summed E-state index contributed by atoms with van der Waals surface area (Å²) in [6.45, 7) is 0. The van der Waals surface area contributed by atoms with Crippen LogP contribution in [-0.2, 0) is 11.2 Å². The van der Waals surface area contributed by atoms with Gasteiger partial charge in [0.1, 0.15) is 0 Å². The first-order valence-corrected chi connectivity index (χ1v) is 7.07. The maximum atomic E-state index is 12.6. The number of carbonyl (C=O) groups is 2. The predicted octanol–water partition coefficient (Wildman–Crippen LogP) is 3.42. The molecule has 110 valence electrons. The molecule has 0 saturated carbocycles. The Morgan fingerprint density at radius 2 is 1.77 bits per heavy atom. The van der Waals surface area contributed by atoms with Gasteiger partial charge in [0.25, 0.3) is 0 Å². The molecule has 0 fully saturated rings. The Bertz CT molecular complexity index is 834. The lowest BCUT2D eigenvalue weighted by molar-refractivity contribution is -0.136. The van der Waals surface area contributed by atoms with E-state index in [4.69, 9.17) is 5.11 Å². The molecule has 3 rings (SSSR count). The van der Waals surface area contributed by atoms with E-state index in [2.05, 4.69) is 4.98 Å². The number of fused-ring (bicyclic) bond motifs is 1. The zero-order valence-corrected chi connectivity index (χ0v) is 11.9. The fourth-order valence-electron chi connectivity index (χ4n) is 2.60. The van der Waals surface area contributed by atoms with Crippen molar-refractivity contribution in [2.75, 3.05) is 0 Å². The summed E-state index contributed by atoms with van der Waals surface area (Å²) in [4.78, 5) is 26.5. The number of hydrogen-bond acceptors (Lipinski definition) is 2. The Labute approximate surface area is 127 Å². The molecule has 3 aromatic rings. The van der Waals surface area contributed by atoms with Gasteiger partial charge in [0, 0.05) is 29.1 Å². The maximum Gasteiger partial charge on any atom is 0.303 e. The van der Waals surface area contributed by atoms with Crippen LogP contribution in [-0.4, -0.2) is 21.8 Å². The van der Waals surface area contributed by atoms with E-state index in [0.29, 0.717) is 17.5 Å². The monoisotopic (exact) mass is 293 g/mol. The third kappa shape index (κ3) is 2.63. The first-order chi connectivity index (χ1) is 10.7. The molecule has 0 saturated heterocycles. The zero-order chi connectivity index (χ0) is 15.5. The molecule has 0 radical (unpaired) electrons. The lowest BCUT2D eigenvalue weighted by Gasteiger charge is -2.03. The number of carbonyl (C=O) groups excluding carboxylic acids is 1. The van der Waals surface area contributed by atoms with E-state index in [0.717, 1.165) is 16.5 Å². The van der Waals surface area contributed by atoms with Crippen molar-refractivity contribution < 1.29 is 14.7 Å². The average molecular weight is 293 g/mol. The van der Waals surface area contributed by atoms with Crippen LogP contribution in [0.15, 0.2) is 54.7 Å². The molecule has 1 heterocycles. The van der Waals surface area contributed by atoms with Crippen LogP contribution in [0.2, 0.25) is 0 Å². The van der Waals surface area contributed by atoms with Gasteiger partial charge in [-0.3, -0.25) is 9.59 Å². The van der Waals surface area contributed by atoms with E-state index in [1.54, 1.807) is 24.4 Å². The summed E-state index contributed by atoms with van der Waals surface area (Å²) < 4.78 is 0. The highest BCUT2D eigenvalue weighted by Crippen LogP contribution is 2.24. The quantitative estimate of drug-likeness (QED) is 0.708. The highest BCUT2D eigenvalue weighted by molar-refractivity contribution is 6.15. The summed E-state index contributed by atoms with van der Waals surface area (Å²) in [6.07, 6.45) is 2.30. The molecule has 1 aromatic heterocycles. The third-order valence-corrected chi connectivity index (χ3v) is 3.69. The molecular formula is C18H15NO3. The van der Waals surface area contributed by atoms with Crippen LogP contribution in [0.3, 0.4) is 0 Å². The molecule has 0 aliphatic heterocycles. The average Bonchev–Trinajstić information content (AvgIpc) is 2.96. The molecule has 0 bridgehead atoms. The minimum atomic E-state index is -0.828. The molecule has 0 aliphatic carbocycles. The zero-order valence-electron chi connectivity index (χ0n) is 11.9. The molecule has 0 aliphatic rings. The molecule has 22 heavy (non-hydrogen) atoms. The lowest BCUT2D eigenvalue weighted by atomic mass is 9.99. The van der Waals surface area contributed by atoms with Crippen molar-refractivity contribution in [1.82, 2.24) is 4.98 Å². The van der Waals surface area contributed by atoms with Crippen molar-refractivity contribution >= 4 is 22.7 Å². The van der Waals surface area contributed by atoms with Crippen LogP contribution in [0.1, 0.15) is 27.9 Å². The number of aromatic amines is 1. The van der Waals surface area contributed by atoms with Gasteiger partial charge in [-0.15, -0.1) is 0 Å². The minimum Gasteiger partial charge on any atom is -0.481 e. The number of carboxylic acid groups (broad SMARTS) is 1. The Hall–Kier alpha value is -2.88. The van der Waals surface area contributed by atoms with Gasteiger partial charge in [-0.05, 0) is 18.1 Å². The second-order valence-electron chi connectivity index (χ2n) is 5.13. The minimum absolute atomic E-state index is 0.0437. The summed E-state index contributed by atoms with van der Waals surface area (Å²) >= 11 is 0. The topological polar surface area (TPSA) is 70.2 Å². The predicted molar refractivity (Wildman–Crippen MR) is 84.1 cm³/mol. The molecule has 0 atom stereocenters. The van der Waals surface area contributed by atoms with E-state index < -0.39 is 5.97 Å². The first kappa shape index (κ1) is 14.1. The summed E-state index contributed by atoms with van der Waals surface area (Å²) in [5.41, 5.74) is 2.92. The van der Waals surface area contributed by atoms with Gasteiger partial charge >= 0.3 is 5.97 Å². The second kappa shape index (κ2) is 5.85. The van der Waals surface area contributed by atoms with E-state index in [9.17, 15) is 9.59 Å². The van der Waals surface area contributed by atoms with Crippen molar-refractivity contribution in [2.24, 2.45) is 0 Å². The number of aromatic nitrogens is 1. The number of hydrogen-bond donors (Lipinski definition) is 2. The van der Waals surface area contributed by atoms with Crippen LogP contribution in [0.4, 0.5) is 0 Å². The number of rotatable bonds is 5. The van der Waals surface area contributed by atoms with Crippen molar-refractivity contribution in [3.05, 3.63) is 71.4 Å². The molecule has 0 unspecified atom stereocenters. The van der Waals surface area contributed by atoms with Crippen molar-refractivity contribution in [1.29, 1.82) is 0 Å². The number of ketones is 1. The molecule has 2 aromatic carbocycles. The summed E-state index contributed by atoms with van der Waals surface area (Å²) in [6, 6.07) is 14.6. The largest absolute Gasteiger partial charge is 0.481 e. The van der Waals surface area contributed by atoms with Crippen LogP contribution < -0.4 is 0 Å². The molecule has 0 amide bonds. The Morgan fingerprint density at radius 1 is 1.00 bits per heavy atom. The SMILES string of the molecule is O=C(O)CCc1c[nH]c2c(C(=O)c3ccccc3)cccc12. The summed E-state index contributed by atoms with van der Waals surface area (Å²) in [5.74, 6) is -0.872. The van der Waals surface area contributed by atoms with Crippen molar-refractivity contribution in [2.45, 2.75) is 12.8 Å². The molecule has 4 heteroatoms. The van der Waals surface area contributed by atoms with Crippen LogP contribution in [0.5, 0.6) is 0 Å². The summed E-state index contributed by atoms with van der Waals surface area (Å²) in [5, 5.41) is 9.72. The van der Waals surface area contributed by atoms with Gasteiger partial charge in [-0.1, -0.05) is 42.5 Å². The Balaban J connectivity index is 2.01. The smallest absolute Gasteiger partial charge is 0.303 e. The van der Waals surface area contributed by atoms with Gasteiger partial charge in [0.2, 0.25) is 0 Å². The lowest BCUT2D eigenvalue weighted by Crippen LogP contribution is -2.02. The van der Waals surface area contributed by atoms with Gasteiger partial charge in [-0.2, -0.15) is 0 Å². The van der Waals surface area contributed by atoms with Gasteiger partial charge in [0.05, 0.1) is 5.52 Å². The second-order valence-corrected chi connectivity index (χ2v) is 5.13. The van der Waals surface area contributed by atoms with E-state index in [-0.39, 0.29) is 12.2 Å². The fraction of sp³-hybridized carbons (Fsp3) is 0.111. The third-order valence-electron chi connectivity index (χ3n) is 3.69. The van der Waals surface area contributed by atoms with Crippen molar-refractivity contribution in [3.63, 3.8) is 0 Å². The van der Waals surface area contributed by atoms with Gasteiger partial charge in [-0.25, -0.2) is 0 Å². The van der Waals surface area contributed by atoms with E-state index >= 15 is 0 Å². The number of benzene rings is 2. The molecule has 2 N–H and O–H groups in total. The standard InChI is InChI=1S/C18H15NO3/c20-16(21)10-9-13-11-19-17-14(13)7-4-8-15(17)18(22)12-5-2-1-3-6-12/h1-8,11,19H,9-10H2,(H,20,21). The number of carboxylic acids is 1. The van der Waals surface area contributed by atoms with Crippen LogP contribution >= 0.6 is 0 Å². The van der Waals surface area contributed by atoms with Crippen LogP contribution in [0.25, 0.3) is 10.9 Å². The van der Waals surface area contributed by atoms with E-state index in [1.807, 2.05) is 30.3 Å². The number of aliphatic carboxylic acids is 1. The highest BCUT2D eigenvalue weighted by atomic mass is 16.4. The number of H-pyrrole nitrogens is 1. The van der Waals surface area contributed by atoms with E-state index in [1.165, 1.54) is 0 Å². The number of nitrogens with one attached hydrogen (secondary N) is 1. The Morgan fingerprint density at radius 3 is 2.50 bits per heavy atom. The highest BCUT2D eigenvalue weighted by Gasteiger charge is 2.15. The molecular weight excluding hydrogens is 278 g/mol. The fourth-order valence-corrected chi connectivity index (χ4v) is 2.60.